The molecule has 0 saturated carbocycles. The molecule has 2 heterocycles. The lowest BCUT2D eigenvalue weighted by atomic mass is 10.2. The Bertz CT molecular complexity index is 1070. The Kier molecular flexibility index (Phi) is 6.35. The van der Waals surface area contributed by atoms with Gasteiger partial charge in [0.25, 0.3) is 0 Å². The van der Waals surface area contributed by atoms with Crippen LogP contribution in [0.3, 0.4) is 0 Å². The number of nitrogens with one attached hydrogen (secondary N) is 1. The molecule has 0 aliphatic heterocycles. The molecule has 6 nitrogen and oxygen atoms in total. The number of benzene rings is 1. The molecule has 0 aliphatic rings. The van der Waals surface area contributed by atoms with Gasteiger partial charge in [-0.2, -0.15) is 23.4 Å². The largest absolute Gasteiger partial charge is 0.436 e. The van der Waals surface area contributed by atoms with Crippen molar-refractivity contribution in [1.29, 1.82) is 0 Å². The number of hydrogen-bond donors (Lipinski definition) is 1. The van der Waals surface area contributed by atoms with Crippen molar-refractivity contribution >= 4 is 27.5 Å². The van der Waals surface area contributed by atoms with Crippen molar-refractivity contribution < 1.29 is 18.0 Å². The number of carbonyl (C=O) groups excluding carboxylic acids is 1. The topological polar surface area (TPSA) is 64.7 Å². The summed E-state index contributed by atoms with van der Waals surface area (Å²) in [6.07, 6.45) is -4.56. The van der Waals surface area contributed by atoms with Crippen LogP contribution in [0.2, 0.25) is 0 Å². The van der Waals surface area contributed by atoms with E-state index in [0.717, 1.165) is 17.0 Å². The molecule has 3 aromatic rings. The van der Waals surface area contributed by atoms with Crippen LogP contribution >= 0.6 is 15.9 Å². The second kappa shape index (κ2) is 8.63. The third kappa shape index (κ3) is 5.10. The van der Waals surface area contributed by atoms with E-state index >= 15 is 0 Å². The molecule has 160 valence electrons. The maximum atomic E-state index is 13.0. The number of rotatable bonds is 6. The normalized spacial score (nSPS) is 11.7. The van der Waals surface area contributed by atoms with Gasteiger partial charge in [0, 0.05) is 17.8 Å². The zero-order valence-electron chi connectivity index (χ0n) is 16.7. The van der Waals surface area contributed by atoms with Gasteiger partial charge in [-0.25, -0.2) is 0 Å². The molecule has 0 spiro atoms. The standard InChI is InChI=1S/C20H21BrF3N5O/c1-12-9-13(2)29(26-12)11-15-5-4-6-16(10-15)25-17(30)7-8-28-14(3)18(21)19(27-28)20(22,23)24/h4-6,9-10H,7-8,11H2,1-3H3,(H,25,30). The molecule has 1 amide bonds. The van der Waals surface area contributed by atoms with Crippen LogP contribution in [0.1, 0.15) is 34.8 Å². The first-order valence-electron chi connectivity index (χ1n) is 9.24. The second-order valence-corrected chi connectivity index (χ2v) is 7.85. The average molecular weight is 484 g/mol. The molecule has 1 aromatic carbocycles. The molecule has 1 N–H and O–H groups in total. The summed E-state index contributed by atoms with van der Waals surface area (Å²) in [7, 11) is 0. The summed E-state index contributed by atoms with van der Waals surface area (Å²) in [4.78, 5) is 12.3. The molecular formula is C20H21BrF3N5O. The number of nitrogens with zero attached hydrogens (tertiary/aromatic N) is 4. The van der Waals surface area contributed by atoms with Gasteiger partial charge in [0.2, 0.25) is 5.91 Å². The predicted octanol–water partition coefficient (Wildman–Crippen LogP) is 4.86. The maximum Gasteiger partial charge on any atom is 0.436 e. The number of aryl methyl sites for hydroxylation is 3. The van der Waals surface area contributed by atoms with Gasteiger partial charge in [-0.3, -0.25) is 14.2 Å². The number of halogens is 4. The number of amides is 1. The van der Waals surface area contributed by atoms with E-state index in [1.807, 2.05) is 42.8 Å². The van der Waals surface area contributed by atoms with Gasteiger partial charge < -0.3 is 5.32 Å². The highest BCUT2D eigenvalue weighted by molar-refractivity contribution is 9.10. The third-order valence-electron chi connectivity index (χ3n) is 4.60. The zero-order chi connectivity index (χ0) is 22.1. The van der Waals surface area contributed by atoms with Crippen molar-refractivity contribution in [3.8, 4) is 0 Å². The van der Waals surface area contributed by atoms with Crippen LogP contribution in [0, 0.1) is 20.8 Å². The molecule has 0 radical (unpaired) electrons. The van der Waals surface area contributed by atoms with Gasteiger partial charge in [-0.1, -0.05) is 12.1 Å². The van der Waals surface area contributed by atoms with E-state index in [1.54, 1.807) is 6.07 Å². The first-order chi connectivity index (χ1) is 14.0. The van der Waals surface area contributed by atoms with E-state index < -0.39 is 11.9 Å². The van der Waals surface area contributed by atoms with Gasteiger partial charge in [0.15, 0.2) is 5.69 Å². The van der Waals surface area contributed by atoms with Crippen LogP contribution < -0.4 is 5.32 Å². The lowest BCUT2D eigenvalue weighted by Crippen LogP contribution is -2.16. The van der Waals surface area contributed by atoms with Crippen molar-refractivity contribution in [2.24, 2.45) is 0 Å². The predicted molar refractivity (Wildman–Crippen MR) is 110 cm³/mol. The SMILES string of the molecule is Cc1cc(C)n(Cc2cccc(NC(=O)CCn3nc(C(F)(F)F)c(Br)c3C)c2)n1. The highest BCUT2D eigenvalue weighted by Gasteiger charge is 2.37. The maximum absolute atomic E-state index is 13.0. The lowest BCUT2D eigenvalue weighted by molar-refractivity contribution is -0.142. The van der Waals surface area contributed by atoms with Gasteiger partial charge in [-0.15, -0.1) is 0 Å². The Balaban J connectivity index is 1.62. The van der Waals surface area contributed by atoms with E-state index in [0.29, 0.717) is 17.9 Å². The van der Waals surface area contributed by atoms with Crippen LogP contribution in [0.4, 0.5) is 18.9 Å². The van der Waals surface area contributed by atoms with Crippen LogP contribution in [0.25, 0.3) is 0 Å². The number of carbonyl (C=O) groups is 1. The van der Waals surface area contributed by atoms with Gasteiger partial charge in [0.1, 0.15) is 0 Å². The van der Waals surface area contributed by atoms with Gasteiger partial charge >= 0.3 is 6.18 Å². The molecule has 0 atom stereocenters. The molecule has 0 bridgehead atoms. The molecule has 0 aliphatic carbocycles. The molecule has 0 unspecified atom stereocenters. The monoisotopic (exact) mass is 483 g/mol. The van der Waals surface area contributed by atoms with Crippen molar-refractivity contribution in [3.63, 3.8) is 0 Å². The van der Waals surface area contributed by atoms with E-state index in [1.165, 1.54) is 11.6 Å². The minimum atomic E-state index is -4.55. The average Bonchev–Trinajstić information content (AvgIpc) is 3.12. The quantitative estimate of drug-likeness (QED) is 0.544. The minimum Gasteiger partial charge on any atom is -0.326 e. The fourth-order valence-corrected chi connectivity index (χ4v) is 3.62. The lowest BCUT2D eigenvalue weighted by Gasteiger charge is -2.09. The smallest absolute Gasteiger partial charge is 0.326 e. The van der Waals surface area contributed by atoms with Crippen LogP contribution in [0.5, 0.6) is 0 Å². The molecule has 10 heteroatoms. The second-order valence-electron chi connectivity index (χ2n) is 7.05. The summed E-state index contributed by atoms with van der Waals surface area (Å²) in [5.41, 5.74) is 2.90. The van der Waals surface area contributed by atoms with E-state index in [-0.39, 0.29) is 23.3 Å². The first-order valence-corrected chi connectivity index (χ1v) is 10.0. The molecule has 0 fully saturated rings. The highest BCUT2D eigenvalue weighted by Crippen LogP contribution is 2.35. The Hall–Kier alpha value is -2.62. The molecule has 0 saturated heterocycles. The molecule has 30 heavy (non-hydrogen) atoms. The Morgan fingerprint density at radius 2 is 1.87 bits per heavy atom. The highest BCUT2D eigenvalue weighted by atomic mass is 79.9. The zero-order valence-corrected chi connectivity index (χ0v) is 18.3. The number of alkyl halides is 3. The summed E-state index contributed by atoms with van der Waals surface area (Å²) < 4.78 is 41.8. The molecule has 3 rings (SSSR count). The number of hydrogen-bond acceptors (Lipinski definition) is 3. The molecular weight excluding hydrogens is 463 g/mol. The van der Waals surface area contributed by atoms with Crippen molar-refractivity contribution in [1.82, 2.24) is 19.6 Å². The van der Waals surface area contributed by atoms with Crippen LogP contribution in [0.15, 0.2) is 34.8 Å². The summed E-state index contributed by atoms with van der Waals surface area (Å²) in [6, 6.07) is 9.38. The van der Waals surface area contributed by atoms with E-state index in [2.05, 4.69) is 31.4 Å². The minimum absolute atomic E-state index is 0.00601. The summed E-state index contributed by atoms with van der Waals surface area (Å²) in [6.45, 7) is 6.04. The summed E-state index contributed by atoms with van der Waals surface area (Å²) in [5.74, 6) is -0.308. The van der Waals surface area contributed by atoms with E-state index in [4.69, 9.17) is 0 Å². The van der Waals surface area contributed by atoms with Crippen LogP contribution in [-0.4, -0.2) is 25.5 Å². The number of anilines is 1. The summed E-state index contributed by atoms with van der Waals surface area (Å²) in [5, 5.41) is 10.8. The van der Waals surface area contributed by atoms with Crippen molar-refractivity contribution in [2.75, 3.05) is 5.32 Å². The van der Waals surface area contributed by atoms with E-state index in [9.17, 15) is 18.0 Å². The van der Waals surface area contributed by atoms with Crippen molar-refractivity contribution in [3.05, 3.63) is 63.1 Å². The van der Waals surface area contributed by atoms with Gasteiger partial charge in [-0.05, 0) is 60.5 Å². The van der Waals surface area contributed by atoms with Gasteiger partial charge in [0.05, 0.1) is 29.0 Å². The number of aromatic nitrogens is 4. The fourth-order valence-electron chi connectivity index (χ4n) is 3.11. The summed E-state index contributed by atoms with van der Waals surface area (Å²) >= 11 is 2.93. The fraction of sp³-hybridized carbons (Fsp3) is 0.350. The molecule has 2 aromatic heterocycles. The Morgan fingerprint density at radius 3 is 2.47 bits per heavy atom. The third-order valence-corrected chi connectivity index (χ3v) is 5.55. The van der Waals surface area contributed by atoms with Crippen LogP contribution in [-0.2, 0) is 24.1 Å². The Labute approximate surface area is 180 Å². The van der Waals surface area contributed by atoms with Crippen molar-refractivity contribution in [2.45, 2.75) is 46.5 Å². The first kappa shape index (κ1) is 22.1. The Morgan fingerprint density at radius 1 is 1.13 bits per heavy atom.